The molecule has 0 spiro atoms. The number of hydrogen-bond donors (Lipinski definition) is 4. The predicted molar refractivity (Wildman–Crippen MR) is 185 cm³/mol. The molecule has 0 bridgehead atoms. The maximum atomic E-state index is 14.7. The van der Waals surface area contributed by atoms with Crippen LogP contribution in [-0.2, 0) is 20.7 Å². The van der Waals surface area contributed by atoms with Gasteiger partial charge >= 0.3 is 6.09 Å². The lowest BCUT2D eigenvalue weighted by molar-refractivity contribution is -0.140. The highest BCUT2D eigenvalue weighted by Crippen LogP contribution is 2.29. The van der Waals surface area contributed by atoms with E-state index in [-0.39, 0.29) is 24.5 Å². The van der Waals surface area contributed by atoms with Crippen molar-refractivity contribution in [3.63, 3.8) is 0 Å². The van der Waals surface area contributed by atoms with Gasteiger partial charge in [0, 0.05) is 18.7 Å². The average Bonchev–Trinajstić information content (AvgIpc) is 2.99. The first-order valence-corrected chi connectivity index (χ1v) is 16.5. The topological polar surface area (TPSA) is 128 Å². The van der Waals surface area contributed by atoms with E-state index in [0.29, 0.717) is 23.2 Å². The number of nitrogens with one attached hydrogen (secondary N) is 2. The highest BCUT2D eigenvalue weighted by molar-refractivity contribution is 6.00. The maximum Gasteiger partial charge on any atom is 0.408 e. The third-order valence-corrected chi connectivity index (χ3v) is 7.88. The largest absolute Gasteiger partial charge is 0.508 e. The lowest BCUT2D eigenvalue weighted by Gasteiger charge is -2.35. The number of anilines is 1. The first-order chi connectivity index (χ1) is 22.3. The zero-order valence-electron chi connectivity index (χ0n) is 28.6. The summed E-state index contributed by atoms with van der Waals surface area (Å²) in [4.78, 5) is 43.7. The highest BCUT2D eigenvalue weighted by Gasteiger charge is 2.36. The van der Waals surface area contributed by atoms with Crippen LogP contribution in [0.5, 0.6) is 11.5 Å². The molecule has 0 aliphatic heterocycles. The number of phenols is 2. The van der Waals surface area contributed by atoms with Crippen LogP contribution in [0.2, 0.25) is 0 Å². The Kier molecular flexibility index (Phi) is 13.7. The fourth-order valence-electron chi connectivity index (χ4n) is 5.52. The summed E-state index contributed by atoms with van der Waals surface area (Å²) in [7, 11) is 0. The molecule has 4 N–H and O–H groups in total. The molecule has 0 fully saturated rings. The number of aryl methyl sites for hydroxylation is 2. The second-order valence-electron chi connectivity index (χ2n) is 13.1. The summed E-state index contributed by atoms with van der Waals surface area (Å²) in [6.45, 7) is 11.4. The van der Waals surface area contributed by atoms with Gasteiger partial charge in [-0.1, -0.05) is 81.5 Å². The molecule has 0 saturated heterocycles. The molecule has 9 nitrogen and oxygen atoms in total. The molecule has 254 valence electrons. The van der Waals surface area contributed by atoms with Crippen molar-refractivity contribution in [2.45, 2.75) is 104 Å². The molecular weight excluding hydrogens is 594 g/mol. The van der Waals surface area contributed by atoms with Crippen molar-refractivity contribution in [2.24, 2.45) is 0 Å². The van der Waals surface area contributed by atoms with E-state index in [1.807, 2.05) is 32.0 Å². The smallest absolute Gasteiger partial charge is 0.408 e. The Morgan fingerprint density at radius 1 is 0.830 bits per heavy atom. The molecule has 0 aliphatic carbocycles. The minimum absolute atomic E-state index is 0.0353. The molecular formula is C38H51N3O6. The van der Waals surface area contributed by atoms with E-state index < -0.39 is 35.6 Å². The molecule has 0 saturated carbocycles. The van der Waals surface area contributed by atoms with Gasteiger partial charge in [0.25, 0.3) is 5.91 Å². The highest BCUT2D eigenvalue weighted by atomic mass is 16.6. The number of carbonyl (C=O) groups excluding carboxylic acids is 3. The number of amides is 3. The third-order valence-electron chi connectivity index (χ3n) is 7.88. The Hall–Kier alpha value is -4.53. The number of carbonyl (C=O) groups is 3. The lowest BCUT2D eigenvalue weighted by Crippen LogP contribution is -2.53. The molecule has 9 heteroatoms. The van der Waals surface area contributed by atoms with E-state index in [1.54, 1.807) is 45.0 Å². The number of unbranched alkanes of at least 4 members (excludes halogenated alkanes) is 5. The van der Waals surface area contributed by atoms with Gasteiger partial charge in [0.15, 0.2) is 0 Å². The number of para-hydroxylation sites is 1. The van der Waals surface area contributed by atoms with Crippen LogP contribution in [-0.4, -0.2) is 51.2 Å². The van der Waals surface area contributed by atoms with E-state index in [1.165, 1.54) is 29.2 Å². The molecule has 3 rings (SSSR count). The summed E-state index contributed by atoms with van der Waals surface area (Å²) in [6, 6.07) is 16.3. The number of benzene rings is 3. The molecule has 3 aromatic carbocycles. The van der Waals surface area contributed by atoms with Crippen molar-refractivity contribution in [1.29, 1.82) is 0 Å². The van der Waals surface area contributed by atoms with Gasteiger partial charge in [0.2, 0.25) is 5.91 Å². The van der Waals surface area contributed by atoms with Crippen LogP contribution in [0.1, 0.15) is 94.5 Å². The third kappa shape index (κ3) is 11.6. The zero-order chi connectivity index (χ0) is 34.6. The van der Waals surface area contributed by atoms with Gasteiger partial charge in [0.05, 0.1) is 0 Å². The van der Waals surface area contributed by atoms with Gasteiger partial charge in [-0.3, -0.25) is 9.59 Å². The molecule has 2 unspecified atom stereocenters. The number of rotatable bonds is 15. The SMILES string of the molecule is CCCCCCCCN(C(=O)C(Cc1ccc(O)cc1)NC(=O)OC(C)(C)C)C(C(=O)Nc1c(C)cccc1C)c1cccc(O)c1. The fourth-order valence-corrected chi connectivity index (χ4v) is 5.52. The first-order valence-electron chi connectivity index (χ1n) is 16.5. The summed E-state index contributed by atoms with van der Waals surface area (Å²) >= 11 is 0. The molecule has 3 aromatic rings. The standard InChI is InChI=1S/C38H51N3O6/c1-7-8-9-10-11-12-23-41(36(45)32(39-37(46)47-38(4,5)6)24-28-19-21-30(42)22-20-28)34(29-17-14-18-31(43)25-29)35(44)40-33-26(2)15-13-16-27(33)3/h13-22,25,32,34,42-43H,7-12,23-24H2,1-6H3,(H,39,46)(H,40,44). The van der Waals surface area contributed by atoms with Crippen LogP contribution >= 0.6 is 0 Å². The molecule has 3 amide bonds. The van der Waals surface area contributed by atoms with Crippen LogP contribution in [0.25, 0.3) is 0 Å². The molecule has 0 heterocycles. The van der Waals surface area contributed by atoms with Gasteiger partial charge in [-0.05, 0) is 87.6 Å². The molecule has 47 heavy (non-hydrogen) atoms. The van der Waals surface area contributed by atoms with Crippen LogP contribution in [0, 0.1) is 13.8 Å². The Labute approximate surface area is 279 Å². The Bertz CT molecular complexity index is 1460. The van der Waals surface area contributed by atoms with Crippen molar-refractivity contribution < 1.29 is 29.3 Å². The monoisotopic (exact) mass is 645 g/mol. The number of alkyl carbamates (subject to hydrolysis) is 1. The lowest BCUT2D eigenvalue weighted by atomic mass is 9.99. The minimum Gasteiger partial charge on any atom is -0.508 e. The van der Waals surface area contributed by atoms with Crippen molar-refractivity contribution in [3.8, 4) is 11.5 Å². The van der Waals surface area contributed by atoms with Crippen LogP contribution in [0.3, 0.4) is 0 Å². The fraction of sp³-hybridized carbons (Fsp3) is 0.447. The van der Waals surface area contributed by atoms with Crippen molar-refractivity contribution in [2.75, 3.05) is 11.9 Å². The Morgan fingerprint density at radius 2 is 1.45 bits per heavy atom. The van der Waals surface area contributed by atoms with Gasteiger partial charge < -0.3 is 30.5 Å². The van der Waals surface area contributed by atoms with Gasteiger partial charge in [-0.15, -0.1) is 0 Å². The van der Waals surface area contributed by atoms with Crippen LogP contribution in [0.4, 0.5) is 10.5 Å². The van der Waals surface area contributed by atoms with Crippen molar-refractivity contribution >= 4 is 23.6 Å². The summed E-state index contributed by atoms with van der Waals surface area (Å²) in [5.74, 6) is -0.865. The van der Waals surface area contributed by atoms with E-state index in [9.17, 15) is 24.6 Å². The summed E-state index contributed by atoms with van der Waals surface area (Å²) < 4.78 is 5.53. The van der Waals surface area contributed by atoms with E-state index in [0.717, 1.165) is 43.2 Å². The normalized spacial score (nSPS) is 12.6. The number of nitrogens with zero attached hydrogens (tertiary/aromatic N) is 1. The predicted octanol–water partition coefficient (Wildman–Crippen LogP) is 7.72. The summed E-state index contributed by atoms with van der Waals surface area (Å²) in [5, 5.41) is 26.1. The second-order valence-corrected chi connectivity index (χ2v) is 13.1. The second kappa shape index (κ2) is 17.4. The number of ether oxygens (including phenoxy) is 1. The van der Waals surface area contributed by atoms with Crippen LogP contribution < -0.4 is 10.6 Å². The van der Waals surface area contributed by atoms with Gasteiger partial charge in [-0.25, -0.2) is 4.79 Å². The van der Waals surface area contributed by atoms with Crippen molar-refractivity contribution in [3.05, 3.63) is 89.0 Å². The average molecular weight is 646 g/mol. The van der Waals surface area contributed by atoms with E-state index in [2.05, 4.69) is 17.6 Å². The Balaban J connectivity index is 2.08. The minimum atomic E-state index is -1.12. The van der Waals surface area contributed by atoms with E-state index >= 15 is 0 Å². The molecule has 2 atom stereocenters. The van der Waals surface area contributed by atoms with Crippen molar-refractivity contribution in [1.82, 2.24) is 10.2 Å². The zero-order valence-corrected chi connectivity index (χ0v) is 28.6. The van der Waals surface area contributed by atoms with Gasteiger partial charge in [-0.2, -0.15) is 0 Å². The number of hydrogen-bond acceptors (Lipinski definition) is 6. The molecule has 0 aromatic heterocycles. The quantitative estimate of drug-likeness (QED) is 0.125. The first kappa shape index (κ1) is 36.9. The summed E-state index contributed by atoms with van der Waals surface area (Å²) in [6.07, 6.45) is 5.14. The van der Waals surface area contributed by atoms with Gasteiger partial charge in [0.1, 0.15) is 29.2 Å². The Morgan fingerprint density at radius 3 is 2.06 bits per heavy atom. The molecule has 0 radical (unpaired) electrons. The number of phenolic OH excluding ortho intramolecular Hbond substituents is 2. The summed E-state index contributed by atoms with van der Waals surface area (Å²) in [5.41, 5.74) is 2.74. The van der Waals surface area contributed by atoms with Crippen LogP contribution in [0.15, 0.2) is 66.7 Å². The van der Waals surface area contributed by atoms with E-state index in [4.69, 9.17) is 4.74 Å². The number of aromatic hydroxyl groups is 2. The molecule has 0 aliphatic rings. The maximum absolute atomic E-state index is 14.7.